The highest BCUT2D eigenvalue weighted by molar-refractivity contribution is 7.47. The average molecular weight is 726 g/mol. The van der Waals surface area contributed by atoms with E-state index in [1.165, 1.54) is 12.8 Å². The fourth-order valence-electron chi connectivity index (χ4n) is 4.53. The van der Waals surface area contributed by atoms with Gasteiger partial charge in [-0.05, 0) is 77.0 Å². The molecule has 10 nitrogen and oxygen atoms in total. The number of carbonyl (C=O) groups excluding carboxylic acids is 2. The Labute approximate surface area is 302 Å². The average Bonchev–Trinajstić information content (AvgIpc) is 3.10. The molecule has 288 valence electrons. The van der Waals surface area contributed by atoms with Crippen LogP contribution in [0.5, 0.6) is 0 Å². The number of phosphoric ester groups is 1. The number of allylic oxidation sites excluding steroid dienone is 10. The van der Waals surface area contributed by atoms with Gasteiger partial charge in [0, 0.05) is 19.4 Å². The molecule has 0 aromatic rings. The van der Waals surface area contributed by atoms with Gasteiger partial charge in [-0.1, -0.05) is 107 Å². The minimum atomic E-state index is -4.39. The Kier molecular flexibility index (Phi) is 33.5. The van der Waals surface area contributed by atoms with Crippen LogP contribution in [0.2, 0.25) is 0 Å². The molecule has 0 amide bonds. The third kappa shape index (κ3) is 34.1. The molecule has 0 heterocycles. The van der Waals surface area contributed by atoms with Crippen LogP contribution in [0.25, 0.3) is 0 Å². The maximum atomic E-state index is 12.5. The summed E-state index contributed by atoms with van der Waals surface area (Å²) >= 11 is 0. The van der Waals surface area contributed by atoms with Gasteiger partial charge in [-0.3, -0.25) is 18.6 Å². The van der Waals surface area contributed by atoms with Crippen LogP contribution in [-0.2, 0) is 32.7 Å². The third-order valence-corrected chi connectivity index (χ3v) is 8.52. The second-order valence-electron chi connectivity index (χ2n) is 12.2. The largest absolute Gasteiger partial charge is 0.472 e. The Bertz CT molecular complexity index is 1030. The first-order chi connectivity index (χ1) is 24.2. The normalized spacial score (nSPS) is 14.7. The van der Waals surface area contributed by atoms with Crippen LogP contribution in [0.3, 0.4) is 0 Å². The van der Waals surface area contributed by atoms with Gasteiger partial charge in [0.15, 0.2) is 6.10 Å². The van der Waals surface area contributed by atoms with Gasteiger partial charge in [0.2, 0.25) is 0 Å². The van der Waals surface area contributed by atoms with E-state index in [1.807, 2.05) is 13.0 Å². The lowest BCUT2D eigenvalue weighted by molar-refractivity contribution is -0.161. The first-order valence-corrected chi connectivity index (χ1v) is 20.3. The van der Waals surface area contributed by atoms with Gasteiger partial charge in [0.05, 0.1) is 19.3 Å². The molecule has 0 saturated heterocycles. The first-order valence-electron chi connectivity index (χ1n) is 18.8. The molecule has 0 radical (unpaired) electrons. The van der Waals surface area contributed by atoms with Crippen molar-refractivity contribution < 1.29 is 42.7 Å². The maximum Gasteiger partial charge on any atom is 0.472 e. The van der Waals surface area contributed by atoms with E-state index in [0.29, 0.717) is 19.3 Å². The Morgan fingerprint density at radius 3 is 1.86 bits per heavy atom. The molecule has 11 heteroatoms. The monoisotopic (exact) mass is 725 g/mol. The van der Waals surface area contributed by atoms with Crippen LogP contribution in [0.15, 0.2) is 60.8 Å². The summed E-state index contributed by atoms with van der Waals surface area (Å²) in [5.74, 6) is -0.932. The van der Waals surface area contributed by atoms with Crippen LogP contribution in [0.1, 0.15) is 136 Å². The summed E-state index contributed by atoms with van der Waals surface area (Å²) in [6.07, 6.45) is 36.3. The molecular weight excluding hydrogens is 657 g/mol. The Morgan fingerprint density at radius 2 is 1.22 bits per heavy atom. The summed E-state index contributed by atoms with van der Waals surface area (Å²) in [5.41, 5.74) is 5.32. The van der Waals surface area contributed by atoms with Crippen LogP contribution in [-0.4, -0.2) is 60.5 Å². The van der Waals surface area contributed by atoms with Gasteiger partial charge in [0.1, 0.15) is 6.61 Å². The van der Waals surface area contributed by atoms with E-state index in [2.05, 4.69) is 61.6 Å². The van der Waals surface area contributed by atoms with E-state index in [0.717, 1.165) is 77.0 Å². The third-order valence-electron chi connectivity index (χ3n) is 7.54. The summed E-state index contributed by atoms with van der Waals surface area (Å²) in [6, 6.07) is 0. The highest BCUT2D eigenvalue weighted by Crippen LogP contribution is 2.43. The number of rotatable bonds is 34. The summed E-state index contributed by atoms with van der Waals surface area (Å²) in [6.45, 7) is 3.29. The van der Waals surface area contributed by atoms with Crippen molar-refractivity contribution in [1.82, 2.24) is 0 Å². The molecular formula is C39H68NO9P. The molecule has 3 atom stereocenters. The summed E-state index contributed by atoms with van der Waals surface area (Å²) < 4.78 is 32.5. The number of ether oxygens (including phenoxy) is 2. The van der Waals surface area contributed by atoms with E-state index in [9.17, 15) is 24.2 Å². The fourth-order valence-corrected chi connectivity index (χ4v) is 5.29. The highest BCUT2D eigenvalue weighted by Gasteiger charge is 2.25. The van der Waals surface area contributed by atoms with Crippen LogP contribution < -0.4 is 5.73 Å². The zero-order valence-corrected chi connectivity index (χ0v) is 31.9. The summed E-state index contributed by atoms with van der Waals surface area (Å²) in [5, 5.41) is 9.54. The topological polar surface area (TPSA) is 155 Å². The lowest BCUT2D eigenvalue weighted by Gasteiger charge is -2.19. The van der Waals surface area contributed by atoms with E-state index in [1.54, 1.807) is 0 Å². The van der Waals surface area contributed by atoms with Gasteiger partial charge >= 0.3 is 19.8 Å². The van der Waals surface area contributed by atoms with Gasteiger partial charge < -0.3 is 25.2 Å². The molecule has 0 bridgehead atoms. The number of esters is 2. The number of nitrogens with two attached hydrogens (primary N) is 1. The molecule has 0 aromatic carbocycles. The molecule has 0 aromatic heterocycles. The number of phosphoric acid groups is 1. The predicted octanol–water partition coefficient (Wildman–Crippen LogP) is 9.13. The smallest absolute Gasteiger partial charge is 0.462 e. The molecule has 4 N–H and O–H groups in total. The Hall–Kier alpha value is -2.33. The van der Waals surface area contributed by atoms with Crippen LogP contribution in [0, 0.1) is 0 Å². The minimum Gasteiger partial charge on any atom is -0.462 e. The van der Waals surface area contributed by atoms with Crippen molar-refractivity contribution >= 4 is 19.8 Å². The lowest BCUT2D eigenvalue weighted by Crippen LogP contribution is -2.29. The molecule has 0 aliphatic carbocycles. The molecule has 1 unspecified atom stereocenters. The molecule has 0 fully saturated rings. The van der Waals surface area contributed by atoms with Crippen molar-refractivity contribution in [1.29, 1.82) is 0 Å². The highest BCUT2D eigenvalue weighted by atomic mass is 31.2. The van der Waals surface area contributed by atoms with E-state index < -0.39 is 32.5 Å². The molecule has 0 aliphatic heterocycles. The van der Waals surface area contributed by atoms with Crippen molar-refractivity contribution in [3.05, 3.63) is 60.8 Å². The number of hydrogen-bond acceptors (Lipinski definition) is 9. The van der Waals surface area contributed by atoms with Gasteiger partial charge in [-0.15, -0.1) is 0 Å². The molecule has 0 spiro atoms. The maximum absolute atomic E-state index is 12.5. The number of unbranched alkanes of at least 4 members (excludes halogenated alkanes) is 8. The second-order valence-corrected chi connectivity index (χ2v) is 13.7. The van der Waals surface area contributed by atoms with Crippen molar-refractivity contribution in [2.24, 2.45) is 5.73 Å². The standard InChI is InChI=1S/C39H68NO9P/c1-3-5-6-7-8-9-14-19-22-25-28-31-39(43)49-37(35-48-50(44,45)47-33-32-40)34-46-38(42)30-27-24-21-18-16-13-11-10-12-15-17-20-23-26-29-36(41)4-2/h7-8,11-13,15,18,20-21,23,36-37,41H,3-6,9-10,14,16-17,19,22,24-35,40H2,1-2H3,(H,44,45)/b8-7-,13-11-,15-12-,21-18-,23-20-/t36-,37+/m0/s1. The van der Waals surface area contributed by atoms with Gasteiger partial charge in [0.25, 0.3) is 0 Å². The van der Waals surface area contributed by atoms with E-state index in [4.69, 9.17) is 24.3 Å². The Morgan fingerprint density at radius 1 is 0.680 bits per heavy atom. The van der Waals surface area contributed by atoms with Crippen LogP contribution >= 0.6 is 7.82 Å². The Balaban J connectivity index is 4.34. The molecule has 50 heavy (non-hydrogen) atoms. The minimum absolute atomic E-state index is 0.0368. The van der Waals surface area contributed by atoms with Crippen molar-refractivity contribution in [2.45, 2.75) is 148 Å². The van der Waals surface area contributed by atoms with Gasteiger partial charge in [-0.25, -0.2) is 4.57 Å². The summed E-state index contributed by atoms with van der Waals surface area (Å²) in [7, 11) is -4.39. The number of carbonyl (C=O) groups is 2. The lowest BCUT2D eigenvalue weighted by atomic mass is 10.1. The molecule has 0 saturated carbocycles. The van der Waals surface area contributed by atoms with E-state index in [-0.39, 0.29) is 38.7 Å². The number of aliphatic hydroxyl groups excluding tert-OH is 1. The molecule has 0 rings (SSSR count). The number of aliphatic hydroxyl groups is 1. The fraction of sp³-hybridized carbons (Fsp3) is 0.692. The van der Waals surface area contributed by atoms with Crippen molar-refractivity contribution in [3.8, 4) is 0 Å². The van der Waals surface area contributed by atoms with Crippen molar-refractivity contribution in [3.63, 3.8) is 0 Å². The SMILES string of the molecule is CCCC/C=C\CCCCCCCC(=O)O[C@H](COC(=O)CCC/C=C\C/C=C\C/C=C\C/C=C\CC[C@@H](O)CC)COP(=O)(O)OCCN. The number of hydrogen-bond donors (Lipinski definition) is 3. The van der Waals surface area contributed by atoms with E-state index >= 15 is 0 Å². The second kappa shape index (κ2) is 35.1. The summed E-state index contributed by atoms with van der Waals surface area (Å²) in [4.78, 5) is 34.6. The molecule has 0 aliphatic rings. The predicted molar refractivity (Wildman–Crippen MR) is 202 cm³/mol. The quantitative estimate of drug-likeness (QED) is 0.0253. The zero-order chi connectivity index (χ0) is 37.0. The van der Waals surface area contributed by atoms with Crippen LogP contribution in [0.4, 0.5) is 0 Å². The van der Waals surface area contributed by atoms with Gasteiger partial charge in [-0.2, -0.15) is 0 Å². The van der Waals surface area contributed by atoms with Crippen molar-refractivity contribution in [2.75, 3.05) is 26.4 Å². The first kappa shape index (κ1) is 47.7. The zero-order valence-electron chi connectivity index (χ0n) is 31.0.